The van der Waals surface area contributed by atoms with E-state index in [2.05, 4.69) is 15.6 Å². The van der Waals surface area contributed by atoms with Crippen LogP contribution >= 0.6 is 11.6 Å². The first-order valence-corrected chi connectivity index (χ1v) is 12.6. The number of nitrogens with zero attached hydrogens (tertiary/aromatic N) is 3. The molecule has 5 N–H and O–H groups in total. The number of anilines is 1. The van der Waals surface area contributed by atoms with Crippen LogP contribution in [0.3, 0.4) is 0 Å². The second-order valence-corrected chi connectivity index (χ2v) is 9.35. The largest absolute Gasteiger partial charge is 0.497 e. The van der Waals surface area contributed by atoms with E-state index < -0.39 is 43.4 Å². The van der Waals surface area contributed by atoms with Gasteiger partial charge < -0.3 is 30.7 Å². The molecule has 0 aliphatic rings. The number of methoxy groups -OCH3 is 1. The molecule has 40 heavy (non-hydrogen) atoms. The molecule has 0 aliphatic carbocycles. The van der Waals surface area contributed by atoms with Crippen LogP contribution in [-0.2, 0) is 19.2 Å². The summed E-state index contributed by atoms with van der Waals surface area (Å²) >= 11 is 6.16. The first-order valence-electron chi connectivity index (χ1n) is 12.2. The van der Waals surface area contributed by atoms with Gasteiger partial charge in [0.2, 0.25) is 5.91 Å². The van der Waals surface area contributed by atoms with Crippen LogP contribution in [0.1, 0.15) is 0 Å². The van der Waals surface area contributed by atoms with Gasteiger partial charge in [-0.15, -0.1) is 0 Å². The third kappa shape index (κ3) is 8.93. The molecule has 1 amide bonds. The van der Waals surface area contributed by atoms with Gasteiger partial charge in [-0.3, -0.25) is 29.0 Å². The van der Waals surface area contributed by atoms with Gasteiger partial charge in [0.1, 0.15) is 5.75 Å². The minimum absolute atomic E-state index is 0.0160. The zero-order chi connectivity index (χ0) is 29.2. The third-order valence-electron chi connectivity index (χ3n) is 5.87. The van der Waals surface area contributed by atoms with Gasteiger partial charge in [-0.1, -0.05) is 11.6 Å². The number of rotatable bonds is 16. The molecule has 3 aromatic rings. The average molecular weight is 576 g/mol. The number of pyridine rings is 1. The number of aliphatic carboxylic acids is 3. The monoisotopic (exact) mass is 575 g/mol. The van der Waals surface area contributed by atoms with Crippen molar-refractivity contribution in [2.75, 3.05) is 64.8 Å². The number of carboxylic acids is 3. The molecule has 0 spiro atoms. The molecule has 0 aliphatic heterocycles. The fraction of sp³-hybridized carbons (Fsp3) is 0.346. The number of hydrogen-bond donors (Lipinski definition) is 5. The molecule has 0 fully saturated rings. The number of carbonyl (C=O) groups is 4. The van der Waals surface area contributed by atoms with Crippen LogP contribution in [0.25, 0.3) is 21.8 Å². The summed E-state index contributed by atoms with van der Waals surface area (Å²) in [6.45, 7) is -1.30. The SMILES string of the molecule is COc1ccc2nc3cc(Cl)ccc3c(NCCNC(=O)CN(CCN(CC(=O)O)CC(=O)O)CC(=O)O)c2c1. The number of amides is 1. The quantitative estimate of drug-likeness (QED) is 0.123. The highest BCUT2D eigenvalue weighted by Gasteiger charge is 2.18. The van der Waals surface area contributed by atoms with Crippen LogP contribution in [0.4, 0.5) is 5.69 Å². The predicted molar refractivity (Wildman–Crippen MR) is 148 cm³/mol. The summed E-state index contributed by atoms with van der Waals surface area (Å²) in [4.78, 5) is 53.0. The molecule has 0 saturated carbocycles. The number of hydrogen-bond acceptors (Lipinski definition) is 9. The highest BCUT2D eigenvalue weighted by molar-refractivity contribution is 6.31. The predicted octanol–water partition coefficient (Wildman–Crippen LogP) is 1.44. The normalized spacial score (nSPS) is 11.2. The van der Waals surface area contributed by atoms with Crippen molar-refractivity contribution in [3.8, 4) is 5.75 Å². The lowest BCUT2D eigenvalue weighted by atomic mass is 10.1. The Labute approximate surface area is 234 Å². The Kier molecular flexibility index (Phi) is 10.8. The number of nitrogens with one attached hydrogen (secondary N) is 2. The van der Waals surface area contributed by atoms with E-state index in [9.17, 15) is 24.3 Å². The molecule has 14 heteroatoms. The zero-order valence-corrected chi connectivity index (χ0v) is 22.5. The Hall–Kier alpha value is -4.20. The van der Waals surface area contributed by atoms with Crippen molar-refractivity contribution in [3.05, 3.63) is 41.4 Å². The number of fused-ring (bicyclic) bond motifs is 2. The topological polar surface area (TPSA) is 182 Å². The molecule has 0 bridgehead atoms. The standard InChI is InChI=1S/C26H30ClN5O8/c1-40-17-3-5-20-19(11-17)26(18-4-2-16(27)10-21(18)30-20)29-7-6-28-22(33)12-31(13-23(34)35)8-9-32(14-24(36)37)15-25(38)39/h2-5,10-11H,6-9,12-15H2,1H3,(H,28,33)(H,29,30)(H,34,35)(H,36,37)(H,38,39). The summed E-state index contributed by atoms with van der Waals surface area (Å²) in [6.07, 6.45) is 0. The molecule has 0 atom stereocenters. The average Bonchev–Trinajstić information content (AvgIpc) is 2.87. The summed E-state index contributed by atoms with van der Waals surface area (Å²) in [6, 6.07) is 10.9. The maximum Gasteiger partial charge on any atom is 0.317 e. The number of aromatic nitrogens is 1. The Morgan fingerprint density at radius 1 is 0.825 bits per heavy atom. The van der Waals surface area contributed by atoms with Gasteiger partial charge in [-0.05, 0) is 36.4 Å². The van der Waals surface area contributed by atoms with Gasteiger partial charge in [0, 0.05) is 42.0 Å². The van der Waals surface area contributed by atoms with Crippen molar-refractivity contribution in [1.82, 2.24) is 20.1 Å². The van der Waals surface area contributed by atoms with E-state index in [1.807, 2.05) is 18.2 Å². The summed E-state index contributed by atoms with van der Waals surface area (Å²) in [5.74, 6) is -3.39. The highest BCUT2D eigenvalue weighted by atomic mass is 35.5. The molecule has 0 radical (unpaired) electrons. The Morgan fingerprint density at radius 3 is 2.05 bits per heavy atom. The van der Waals surface area contributed by atoms with Crippen molar-refractivity contribution in [2.45, 2.75) is 0 Å². The number of benzene rings is 2. The van der Waals surface area contributed by atoms with E-state index in [0.717, 1.165) is 26.9 Å². The van der Waals surface area contributed by atoms with Gasteiger partial charge in [-0.25, -0.2) is 4.98 Å². The smallest absolute Gasteiger partial charge is 0.317 e. The fourth-order valence-electron chi connectivity index (χ4n) is 4.15. The molecule has 0 unspecified atom stereocenters. The van der Waals surface area contributed by atoms with Crippen LogP contribution in [0.15, 0.2) is 36.4 Å². The molecule has 0 saturated heterocycles. The number of halogens is 1. The fourth-order valence-corrected chi connectivity index (χ4v) is 4.31. The van der Waals surface area contributed by atoms with Crippen LogP contribution in [0.2, 0.25) is 5.02 Å². The number of carbonyl (C=O) groups excluding carboxylic acids is 1. The van der Waals surface area contributed by atoms with E-state index >= 15 is 0 Å². The molecular formula is C26H30ClN5O8. The number of ether oxygens (including phenoxy) is 1. The molecule has 13 nitrogen and oxygen atoms in total. The molecular weight excluding hydrogens is 546 g/mol. The Balaban J connectivity index is 1.63. The maximum atomic E-state index is 12.6. The Morgan fingerprint density at radius 2 is 1.45 bits per heavy atom. The minimum Gasteiger partial charge on any atom is -0.497 e. The first-order chi connectivity index (χ1) is 19.0. The molecule has 3 rings (SSSR count). The van der Waals surface area contributed by atoms with Crippen molar-refractivity contribution in [3.63, 3.8) is 0 Å². The lowest BCUT2D eigenvalue weighted by Crippen LogP contribution is -2.45. The van der Waals surface area contributed by atoms with Gasteiger partial charge in [0.25, 0.3) is 0 Å². The van der Waals surface area contributed by atoms with Crippen LogP contribution in [0.5, 0.6) is 5.75 Å². The van der Waals surface area contributed by atoms with Gasteiger partial charge >= 0.3 is 17.9 Å². The number of carboxylic acid groups (broad SMARTS) is 3. The second kappa shape index (κ2) is 14.3. The van der Waals surface area contributed by atoms with Crippen LogP contribution in [-0.4, -0.2) is 113 Å². The van der Waals surface area contributed by atoms with E-state index in [1.165, 1.54) is 4.90 Å². The van der Waals surface area contributed by atoms with Gasteiger partial charge in [0.15, 0.2) is 0 Å². The lowest BCUT2D eigenvalue weighted by molar-refractivity contribution is -0.143. The lowest BCUT2D eigenvalue weighted by Gasteiger charge is -2.24. The first kappa shape index (κ1) is 30.3. The van der Waals surface area contributed by atoms with Crippen molar-refractivity contribution < 1.29 is 39.2 Å². The third-order valence-corrected chi connectivity index (χ3v) is 6.10. The van der Waals surface area contributed by atoms with Gasteiger partial charge in [-0.2, -0.15) is 0 Å². The molecule has 214 valence electrons. The second-order valence-electron chi connectivity index (χ2n) is 8.91. The van der Waals surface area contributed by atoms with Crippen LogP contribution < -0.4 is 15.4 Å². The van der Waals surface area contributed by atoms with Crippen LogP contribution in [0, 0.1) is 0 Å². The minimum atomic E-state index is -1.22. The van der Waals surface area contributed by atoms with Crippen molar-refractivity contribution in [2.24, 2.45) is 0 Å². The van der Waals surface area contributed by atoms with E-state index in [4.69, 9.17) is 26.6 Å². The summed E-state index contributed by atoms with van der Waals surface area (Å²) in [5.41, 5.74) is 2.21. The summed E-state index contributed by atoms with van der Waals surface area (Å²) in [5, 5.41) is 35.5. The van der Waals surface area contributed by atoms with Crippen molar-refractivity contribution >= 4 is 62.9 Å². The summed E-state index contributed by atoms with van der Waals surface area (Å²) in [7, 11) is 1.57. The van der Waals surface area contributed by atoms with E-state index in [-0.39, 0.29) is 26.2 Å². The maximum absolute atomic E-state index is 12.6. The van der Waals surface area contributed by atoms with Gasteiger partial charge in [0.05, 0.1) is 50.0 Å². The summed E-state index contributed by atoms with van der Waals surface area (Å²) < 4.78 is 5.36. The highest BCUT2D eigenvalue weighted by Crippen LogP contribution is 2.34. The zero-order valence-electron chi connectivity index (χ0n) is 21.7. The van der Waals surface area contributed by atoms with Crippen molar-refractivity contribution in [1.29, 1.82) is 0 Å². The van der Waals surface area contributed by atoms with E-state index in [0.29, 0.717) is 22.8 Å². The molecule has 2 aromatic carbocycles. The Bertz CT molecular complexity index is 1390. The molecule has 1 aromatic heterocycles. The molecule has 1 heterocycles. The van der Waals surface area contributed by atoms with E-state index in [1.54, 1.807) is 25.3 Å².